The third-order valence-corrected chi connectivity index (χ3v) is 7.02. The van der Waals surface area contributed by atoms with Crippen molar-refractivity contribution >= 4 is 22.6 Å². The number of anilines is 1. The van der Waals surface area contributed by atoms with Gasteiger partial charge in [0.05, 0.1) is 26.3 Å². The summed E-state index contributed by atoms with van der Waals surface area (Å²) in [7, 11) is 3.15. The van der Waals surface area contributed by atoms with Crippen LogP contribution in [0.2, 0.25) is 0 Å². The molecule has 0 spiro atoms. The predicted octanol–water partition coefficient (Wildman–Crippen LogP) is 3.82. The second-order valence-electron chi connectivity index (χ2n) is 9.27. The number of carbonyl (C=O) groups excluding carboxylic acids is 1. The molecule has 0 aliphatic carbocycles. The van der Waals surface area contributed by atoms with Gasteiger partial charge in [-0.2, -0.15) is 0 Å². The minimum absolute atomic E-state index is 0.199. The van der Waals surface area contributed by atoms with Gasteiger partial charge in [0.25, 0.3) is 0 Å². The summed E-state index contributed by atoms with van der Waals surface area (Å²) in [5.74, 6) is 2.01. The summed E-state index contributed by atoms with van der Waals surface area (Å²) in [6.45, 7) is 4.43. The molecule has 0 radical (unpaired) electrons. The van der Waals surface area contributed by atoms with Crippen molar-refractivity contribution in [1.29, 1.82) is 0 Å². The van der Waals surface area contributed by atoms with Gasteiger partial charge in [-0.25, -0.2) is 14.4 Å². The number of nitrogens with zero attached hydrogens (tertiary/aromatic N) is 3. The highest BCUT2D eigenvalue weighted by atomic mass is 19.1. The van der Waals surface area contributed by atoms with E-state index in [0.29, 0.717) is 66.6 Å². The highest BCUT2D eigenvalue weighted by Crippen LogP contribution is 2.36. The van der Waals surface area contributed by atoms with Crippen LogP contribution in [0, 0.1) is 5.82 Å². The van der Waals surface area contributed by atoms with E-state index >= 15 is 0 Å². The third kappa shape index (κ3) is 5.36. The molecular formula is C27H34FN5O3. The van der Waals surface area contributed by atoms with Crippen LogP contribution in [0.4, 0.5) is 10.2 Å². The van der Waals surface area contributed by atoms with Crippen molar-refractivity contribution in [2.24, 2.45) is 0 Å². The minimum atomic E-state index is -0.260. The second-order valence-corrected chi connectivity index (χ2v) is 9.27. The summed E-state index contributed by atoms with van der Waals surface area (Å²) in [5, 5.41) is 4.20. The van der Waals surface area contributed by atoms with Gasteiger partial charge in [-0.15, -0.1) is 0 Å². The summed E-state index contributed by atoms with van der Waals surface area (Å²) in [6, 6.07) is 10.3. The molecule has 1 saturated heterocycles. The smallest absolute Gasteiger partial charge is 0.222 e. The molecular weight excluding hydrogens is 461 g/mol. The van der Waals surface area contributed by atoms with E-state index in [-0.39, 0.29) is 17.1 Å². The van der Waals surface area contributed by atoms with E-state index < -0.39 is 0 Å². The van der Waals surface area contributed by atoms with Crippen LogP contribution >= 0.6 is 0 Å². The molecule has 1 aromatic heterocycles. The minimum Gasteiger partial charge on any atom is -0.493 e. The number of methoxy groups -OCH3 is 2. The van der Waals surface area contributed by atoms with Gasteiger partial charge in [-0.05, 0) is 43.0 Å². The van der Waals surface area contributed by atoms with Gasteiger partial charge in [0.15, 0.2) is 11.5 Å². The Balaban J connectivity index is 1.52. The van der Waals surface area contributed by atoms with Crippen molar-refractivity contribution in [3.05, 3.63) is 53.6 Å². The van der Waals surface area contributed by atoms with E-state index in [0.717, 1.165) is 24.8 Å². The quantitative estimate of drug-likeness (QED) is 0.465. The fraction of sp³-hybridized carbons (Fsp3) is 0.444. The molecule has 36 heavy (non-hydrogen) atoms. The molecule has 8 nitrogen and oxygen atoms in total. The first-order chi connectivity index (χ1) is 17.4. The van der Waals surface area contributed by atoms with Crippen molar-refractivity contribution in [2.45, 2.75) is 44.6 Å². The summed E-state index contributed by atoms with van der Waals surface area (Å²) in [5.41, 5.74) is 7.75. The Kier molecular flexibility index (Phi) is 7.88. The number of amides is 1. The molecule has 0 unspecified atom stereocenters. The monoisotopic (exact) mass is 495 g/mol. The van der Waals surface area contributed by atoms with Crippen molar-refractivity contribution in [3.8, 4) is 11.5 Å². The normalized spacial score (nSPS) is 15.2. The van der Waals surface area contributed by atoms with Gasteiger partial charge in [-0.1, -0.05) is 19.1 Å². The van der Waals surface area contributed by atoms with Crippen molar-refractivity contribution < 1.29 is 18.7 Å². The number of fused-ring (bicyclic) bond motifs is 1. The maximum Gasteiger partial charge on any atom is 0.222 e. The number of benzene rings is 2. The largest absolute Gasteiger partial charge is 0.493 e. The maximum atomic E-state index is 13.7. The van der Waals surface area contributed by atoms with Crippen LogP contribution in [0.5, 0.6) is 11.5 Å². The molecule has 192 valence electrons. The van der Waals surface area contributed by atoms with E-state index in [1.165, 1.54) is 12.1 Å². The Morgan fingerprint density at radius 2 is 1.78 bits per heavy atom. The van der Waals surface area contributed by atoms with Gasteiger partial charge in [0.2, 0.25) is 5.91 Å². The molecule has 0 atom stereocenters. The van der Waals surface area contributed by atoms with Crippen molar-refractivity contribution in [1.82, 2.24) is 20.2 Å². The van der Waals surface area contributed by atoms with Crippen LogP contribution in [0.3, 0.4) is 0 Å². The number of carbonyl (C=O) groups is 1. The summed E-state index contributed by atoms with van der Waals surface area (Å²) >= 11 is 0. The first-order valence-electron chi connectivity index (χ1n) is 12.3. The molecule has 0 bridgehead atoms. The van der Waals surface area contributed by atoms with Crippen LogP contribution in [-0.2, 0) is 16.8 Å². The molecule has 1 fully saturated rings. The zero-order valence-electron chi connectivity index (χ0n) is 21.1. The molecule has 1 aliphatic heterocycles. The number of nitrogens with two attached hydrogens (primary N) is 1. The number of rotatable bonds is 9. The van der Waals surface area contributed by atoms with Crippen LogP contribution in [0.15, 0.2) is 36.4 Å². The lowest BCUT2D eigenvalue weighted by molar-refractivity contribution is -0.132. The number of nitrogens with one attached hydrogen (secondary N) is 1. The van der Waals surface area contributed by atoms with E-state index in [9.17, 15) is 9.18 Å². The average molecular weight is 496 g/mol. The Labute approximate surface area is 211 Å². The Hall–Kier alpha value is -3.46. The molecule has 1 amide bonds. The Morgan fingerprint density at radius 1 is 1.11 bits per heavy atom. The molecule has 3 N–H and O–H groups in total. The Bertz CT molecular complexity index is 1210. The number of nitrogen functional groups attached to an aromatic ring is 1. The zero-order valence-corrected chi connectivity index (χ0v) is 21.1. The van der Waals surface area contributed by atoms with Crippen molar-refractivity contribution in [2.75, 3.05) is 39.6 Å². The summed E-state index contributed by atoms with van der Waals surface area (Å²) in [6.07, 6.45) is 2.99. The average Bonchev–Trinajstić information content (AvgIpc) is 2.89. The van der Waals surface area contributed by atoms with Crippen LogP contribution in [-0.4, -0.2) is 54.6 Å². The highest BCUT2D eigenvalue weighted by molar-refractivity contribution is 5.90. The molecule has 4 rings (SSSR count). The maximum absolute atomic E-state index is 13.7. The lowest BCUT2D eigenvalue weighted by atomic mass is 9.72. The van der Waals surface area contributed by atoms with Crippen LogP contribution in [0.1, 0.15) is 44.0 Å². The molecule has 3 aromatic rings. The number of ether oxygens (including phenoxy) is 2. The van der Waals surface area contributed by atoms with E-state index in [1.807, 2.05) is 24.0 Å². The molecule has 2 heterocycles. The van der Waals surface area contributed by atoms with E-state index in [1.54, 1.807) is 26.4 Å². The predicted molar refractivity (Wildman–Crippen MR) is 138 cm³/mol. The number of hydrogen-bond donors (Lipinski definition) is 2. The van der Waals surface area contributed by atoms with Crippen molar-refractivity contribution in [3.63, 3.8) is 0 Å². The number of piperidine rings is 1. The van der Waals surface area contributed by atoms with Gasteiger partial charge in [-0.3, -0.25) is 4.79 Å². The van der Waals surface area contributed by atoms with Gasteiger partial charge >= 0.3 is 0 Å². The fourth-order valence-corrected chi connectivity index (χ4v) is 4.95. The number of aromatic nitrogens is 2. The summed E-state index contributed by atoms with van der Waals surface area (Å²) in [4.78, 5) is 23.5. The van der Waals surface area contributed by atoms with Gasteiger partial charge in [0, 0.05) is 42.9 Å². The lowest BCUT2D eigenvalue weighted by Gasteiger charge is -2.42. The molecule has 1 aliphatic rings. The Morgan fingerprint density at radius 3 is 2.42 bits per heavy atom. The first kappa shape index (κ1) is 25.6. The first-order valence-corrected chi connectivity index (χ1v) is 12.3. The topological polar surface area (TPSA) is 103 Å². The molecule has 9 heteroatoms. The van der Waals surface area contributed by atoms with Gasteiger partial charge < -0.3 is 25.4 Å². The SMILES string of the molecule is CCCC(=O)N1CCC(CNCc2nc(N)c3cc(OC)c(OC)cc3n2)(c2ccc(F)cc2)CC1. The van der Waals surface area contributed by atoms with Crippen LogP contribution in [0.25, 0.3) is 10.9 Å². The number of hydrogen-bond acceptors (Lipinski definition) is 7. The number of halogens is 1. The summed E-state index contributed by atoms with van der Waals surface area (Å²) < 4.78 is 24.4. The second kappa shape index (κ2) is 11.1. The van der Waals surface area contributed by atoms with Crippen LogP contribution < -0.4 is 20.5 Å². The fourth-order valence-electron chi connectivity index (χ4n) is 4.95. The molecule has 2 aromatic carbocycles. The standard InChI is InChI=1S/C27H34FN5O3/c1-4-5-25(34)33-12-10-27(11-13-33,18-6-8-19(28)9-7-18)17-30-16-24-31-21-15-23(36-3)22(35-2)14-20(21)26(29)32-24/h6-9,14-15,30H,4-5,10-13,16-17H2,1-3H3,(H2,29,31,32). The van der Waals surface area contributed by atoms with E-state index in [4.69, 9.17) is 15.2 Å². The lowest BCUT2D eigenvalue weighted by Crippen LogP contribution is -2.49. The van der Waals surface area contributed by atoms with Gasteiger partial charge in [0.1, 0.15) is 17.5 Å². The number of likely N-dealkylation sites (tertiary alicyclic amines) is 1. The van der Waals surface area contributed by atoms with E-state index in [2.05, 4.69) is 15.3 Å². The molecule has 0 saturated carbocycles. The third-order valence-electron chi connectivity index (χ3n) is 7.02. The highest BCUT2D eigenvalue weighted by Gasteiger charge is 2.37. The zero-order chi connectivity index (χ0) is 25.7.